The number of fused-ring (bicyclic) bond motifs is 2. The summed E-state index contributed by atoms with van der Waals surface area (Å²) in [5.74, 6) is -0.0220. The van der Waals surface area contributed by atoms with Gasteiger partial charge in [0.2, 0.25) is 5.91 Å². The van der Waals surface area contributed by atoms with Crippen molar-refractivity contribution in [1.29, 1.82) is 0 Å². The Bertz CT molecular complexity index is 1420. The quantitative estimate of drug-likeness (QED) is 0.355. The van der Waals surface area contributed by atoms with Crippen molar-refractivity contribution in [2.45, 2.75) is 19.4 Å². The molecule has 5 aromatic rings. The monoisotopic (exact) mass is 444 g/mol. The lowest BCUT2D eigenvalue weighted by Crippen LogP contribution is -2.45. The fourth-order valence-electron chi connectivity index (χ4n) is 3.72. The number of aromatic amines is 1. The molecule has 0 aliphatic heterocycles. The number of H-pyrrole nitrogens is 1. The number of para-hydroxylation sites is 1. The second-order valence-electron chi connectivity index (χ2n) is 7.47. The first-order chi connectivity index (χ1) is 15.6. The van der Waals surface area contributed by atoms with Gasteiger partial charge in [-0.25, -0.2) is 4.98 Å². The molecule has 32 heavy (non-hydrogen) atoms. The third-order valence-electron chi connectivity index (χ3n) is 5.23. The molecule has 2 amide bonds. The van der Waals surface area contributed by atoms with Gasteiger partial charge in [0.1, 0.15) is 11.6 Å². The number of amides is 2. The fraction of sp³-hybridized carbons (Fsp3) is 0.125. The van der Waals surface area contributed by atoms with Gasteiger partial charge in [-0.3, -0.25) is 9.59 Å². The number of nitrogens with one attached hydrogen (secondary N) is 3. The lowest BCUT2D eigenvalue weighted by Gasteiger charge is -2.18. The molecule has 0 saturated carbocycles. The topological polar surface area (TPSA) is 100 Å². The van der Waals surface area contributed by atoms with Crippen LogP contribution in [-0.4, -0.2) is 27.8 Å². The minimum absolute atomic E-state index is 0.275. The van der Waals surface area contributed by atoms with Gasteiger partial charge in [0.15, 0.2) is 11.5 Å². The van der Waals surface area contributed by atoms with Crippen LogP contribution in [0.5, 0.6) is 0 Å². The second-order valence-corrected chi connectivity index (χ2v) is 8.42. The maximum absolute atomic E-state index is 13.2. The number of aromatic nitrogens is 2. The van der Waals surface area contributed by atoms with Gasteiger partial charge in [-0.2, -0.15) is 0 Å². The number of hydrogen-bond donors (Lipinski definition) is 3. The fourth-order valence-corrected chi connectivity index (χ4v) is 4.34. The van der Waals surface area contributed by atoms with Crippen molar-refractivity contribution in [3.8, 4) is 0 Å². The summed E-state index contributed by atoms with van der Waals surface area (Å²) in [5.41, 5.74) is 3.84. The zero-order valence-corrected chi connectivity index (χ0v) is 18.0. The molecule has 2 aromatic carbocycles. The molecule has 0 aliphatic rings. The number of carbonyl (C=O) groups excluding carboxylic acids is 2. The smallest absolute Gasteiger partial charge is 0.262 e. The molecule has 0 saturated heterocycles. The number of benzene rings is 2. The van der Waals surface area contributed by atoms with Crippen molar-refractivity contribution >= 4 is 50.8 Å². The van der Waals surface area contributed by atoms with E-state index in [4.69, 9.17) is 4.42 Å². The van der Waals surface area contributed by atoms with E-state index in [2.05, 4.69) is 20.6 Å². The summed E-state index contributed by atoms with van der Waals surface area (Å²) in [6.45, 7) is 1.77. The Morgan fingerprint density at radius 3 is 2.88 bits per heavy atom. The molecule has 0 fully saturated rings. The van der Waals surface area contributed by atoms with Crippen molar-refractivity contribution in [2.24, 2.45) is 0 Å². The Labute approximate surface area is 187 Å². The van der Waals surface area contributed by atoms with Crippen molar-refractivity contribution < 1.29 is 14.0 Å². The molecule has 5 rings (SSSR count). The Hall–Kier alpha value is -3.91. The molecular formula is C24H20N4O3S. The number of oxazole rings is 1. The molecule has 3 heterocycles. The highest BCUT2D eigenvalue weighted by Gasteiger charge is 2.24. The first kappa shape index (κ1) is 20.0. The summed E-state index contributed by atoms with van der Waals surface area (Å²) < 4.78 is 5.50. The number of nitrogens with zero attached hydrogens (tertiary/aromatic N) is 1. The zero-order chi connectivity index (χ0) is 22.1. The van der Waals surface area contributed by atoms with Gasteiger partial charge in [0, 0.05) is 36.1 Å². The molecule has 0 aliphatic carbocycles. The van der Waals surface area contributed by atoms with Crippen LogP contribution in [0, 0.1) is 6.92 Å². The Kier molecular flexibility index (Phi) is 5.20. The standard InChI is InChI=1S/C24H20N4O3S/c1-14-26-19-12-16(8-9-21(19)31-14)27-23(29)20(28-24(30)22-7-4-10-32-22)11-15-13-25-18-6-3-2-5-17(15)18/h2-10,12-13,20,25H,11H2,1H3,(H,27,29)(H,28,30). The Morgan fingerprint density at radius 2 is 2.03 bits per heavy atom. The molecule has 8 heteroatoms. The van der Waals surface area contributed by atoms with E-state index in [0.717, 1.165) is 16.5 Å². The molecule has 160 valence electrons. The zero-order valence-electron chi connectivity index (χ0n) is 17.2. The maximum Gasteiger partial charge on any atom is 0.262 e. The summed E-state index contributed by atoms with van der Waals surface area (Å²) in [6, 6.07) is 15.9. The van der Waals surface area contributed by atoms with E-state index in [-0.39, 0.29) is 11.8 Å². The summed E-state index contributed by atoms with van der Waals surface area (Å²) in [7, 11) is 0. The van der Waals surface area contributed by atoms with Crippen LogP contribution in [0.1, 0.15) is 21.1 Å². The Morgan fingerprint density at radius 1 is 1.16 bits per heavy atom. The van der Waals surface area contributed by atoms with Crippen molar-refractivity contribution in [2.75, 3.05) is 5.32 Å². The highest BCUT2D eigenvalue weighted by molar-refractivity contribution is 7.12. The largest absolute Gasteiger partial charge is 0.441 e. The number of rotatable bonds is 6. The van der Waals surface area contributed by atoms with Gasteiger partial charge in [-0.15, -0.1) is 11.3 Å². The summed E-state index contributed by atoms with van der Waals surface area (Å²) in [4.78, 5) is 34.1. The minimum atomic E-state index is -0.765. The number of aryl methyl sites for hydroxylation is 1. The van der Waals surface area contributed by atoms with Crippen LogP contribution < -0.4 is 10.6 Å². The molecule has 0 spiro atoms. The molecule has 3 aromatic heterocycles. The van der Waals surface area contributed by atoms with Crippen LogP contribution in [-0.2, 0) is 11.2 Å². The van der Waals surface area contributed by atoms with E-state index in [0.29, 0.717) is 34.0 Å². The third-order valence-corrected chi connectivity index (χ3v) is 6.10. The highest BCUT2D eigenvalue weighted by Crippen LogP contribution is 2.22. The molecule has 0 bridgehead atoms. The van der Waals surface area contributed by atoms with Crippen LogP contribution in [0.3, 0.4) is 0 Å². The highest BCUT2D eigenvalue weighted by atomic mass is 32.1. The summed E-state index contributed by atoms with van der Waals surface area (Å²) in [6.07, 6.45) is 2.23. The SMILES string of the molecule is Cc1nc2cc(NC(=O)C(Cc3c[nH]c4ccccc34)NC(=O)c3cccs3)ccc2o1. The van der Waals surface area contributed by atoms with E-state index < -0.39 is 6.04 Å². The third kappa shape index (κ3) is 4.00. The lowest BCUT2D eigenvalue weighted by molar-refractivity contribution is -0.118. The van der Waals surface area contributed by atoms with Gasteiger partial charge in [0.05, 0.1) is 4.88 Å². The predicted molar refractivity (Wildman–Crippen MR) is 125 cm³/mol. The number of carbonyl (C=O) groups is 2. The van der Waals surface area contributed by atoms with Crippen LogP contribution in [0.4, 0.5) is 5.69 Å². The van der Waals surface area contributed by atoms with E-state index in [1.54, 1.807) is 31.2 Å². The van der Waals surface area contributed by atoms with Crippen LogP contribution >= 0.6 is 11.3 Å². The number of anilines is 1. The van der Waals surface area contributed by atoms with Gasteiger partial charge in [-0.05, 0) is 41.3 Å². The van der Waals surface area contributed by atoms with Crippen LogP contribution in [0.2, 0.25) is 0 Å². The molecular weight excluding hydrogens is 424 g/mol. The molecule has 1 unspecified atom stereocenters. The van der Waals surface area contributed by atoms with E-state index >= 15 is 0 Å². The van der Waals surface area contributed by atoms with Gasteiger partial charge in [0.25, 0.3) is 5.91 Å². The molecule has 1 atom stereocenters. The predicted octanol–water partition coefficient (Wildman–Crippen LogP) is 4.66. The first-order valence-electron chi connectivity index (χ1n) is 10.1. The van der Waals surface area contributed by atoms with Gasteiger partial charge in [-0.1, -0.05) is 24.3 Å². The molecule has 3 N–H and O–H groups in total. The lowest BCUT2D eigenvalue weighted by atomic mass is 10.0. The van der Waals surface area contributed by atoms with Gasteiger partial charge < -0.3 is 20.0 Å². The average Bonchev–Trinajstić information content (AvgIpc) is 3.52. The normalized spacial score (nSPS) is 12.2. The number of hydrogen-bond acceptors (Lipinski definition) is 5. The van der Waals surface area contributed by atoms with E-state index in [9.17, 15) is 9.59 Å². The second kappa shape index (κ2) is 8.32. The summed E-state index contributed by atoms with van der Waals surface area (Å²) >= 11 is 1.33. The van der Waals surface area contributed by atoms with E-state index in [1.807, 2.05) is 41.9 Å². The number of thiophene rings is 1. The molecule has 7 nitrogen and oxygen atoms in total. The Balaban J connectivity index is 1.41. The van der Waals surface area contributed by atoms with E-state index in [1.165, 1.54) is 11.3 Å². The minimum Gasteiger partial charge on any atom is -0.441 e. The van der Waals surface area contributed by atoms with Crippen LogP contribution in [0.25, 0.3) is 22.0 Å². The maximum atomic E-state index is 13.2. The van der Waals surface area contributed by atoms with Gasteiger partial charge >= 0.3 is 0 Å². The van der Waals surface area contributed by atoms with Crippen molar-refractivity contribution in [3.05, 3.63) is 82.5 Å². The molecule has 0 radical (unpaired) electrons. The average molecular weight is 445 g/mol. The van der Waals surface area contributed by atoms with Crippen molar-refractivity contribution in [1.82, 2.24) is 15.3 Å². The van der Waals surface area contributed by atoms with Crippen LogP contribution in [0.15, 0.2) is 70.6 Å². The van der Waals surface area contributed by atoms with Crippen molar-refractivity contribution in [3.63, 3.8) is 0 Å². The summed E-state index contributed by atoms with van der Waals surface area (Å²) in [5, 5.41) is 8.66. The first-order valence-corrected chi connectivity index (χ1v) is 11.0.